The Morgan fingerprint density at radius 3 is 3.00 bits per heavy atom. The third-order valence-electron chi connectivity index (χ3n) is 2.72. The van der Waals surface area contributed by atoms with Crippen LogP contribution in [0, 0.1) is 0 Å². The summed E-state index contributed by atoms with van der Waals surface area (Å²) in [6.07, 6.45) is 1.54. The first-order chi connectivity index (χ1) is 8.58. The van der Waals surface area contributed by atoms with Crippen LogP contribution in [0.5, 0.6) is 5.75 Å². The summed E-state index contributed by atoms with van der Waals surface area (Å²) in [5.74, 6) is -0.495. The van der Waals surface area contributed by atoms with Gasteiger partial charge in [-0.2, -0.15) is 0 Å². The monoisotopic (exact) mass is 246 g/mol. The summed E-state index contributed by atoms with van der Waals surface area (Å²) in [4.78, 5) is 23.9. The van der Waals surface area contributed by atoms with E-state index in [2.05, 4.69) is 17.2 Å². The van der Waals surface area contributed by atoms with Crippen LogP contribution in [0.2, 0.25) is 0 Å². The van der Waals surface area contributed by atoms with Crippen LogP contribution in [0.3, 0.4) is 0 Å². The smallest absolute Gasteiger partial charge is 0.278 e. The van der Waals surface area contributed by atoms with Gasteiger partial charge in [0.1, 0.15) is 5.75 Å². The van der Waals surface area contributed by atoms with Crippen LogP contribution < -0.4 is 15.4 Å². The van der Waals surface area contributed by atoms with E-state index in [-0.39, 0.29) is 6.54 Å². The molecular weight excluding hydrogens is 232 g/mol. The van der Waals surface area contributed by atoms with Crippen LogP contribution in [0.1, 0.15) is 6.92 Å². The van der Waals surface area contributed by atoms with Crippen molar-refractivity contribution in [3.05, 3.63) is 36.9 Å². The molecule has 0 bridgehead atoms. The van der Waals surface area contributed by atoms with Crippen LogP contribution in [0.15, 0.2) is 36.9 Å². The summed E-state index contributed by atoms with van der Waals surface area (Å²) >= 11 is 0. The predicted octanol–water partition coefficient (Wildman–Crippen LogP) is 1.08. The van der Waals surface area contributed by atoms with Gasteiger partial charge in [-0.1, -0.05) is 18.2 Å². The average Bonchev–Trinajstić information content (AvgIpc) is 2.37. The average molecular weight is 246 g/mol. The van der Waals surface area contributed by atoms with Crippen LogP contribution >= 0.6 is 0 Å². The summed E-state index contributed by atoms with van der Waals surface area (Å²) in [7, 11) is 0. The fourth-order valence-electron chi connectivity index (χ4n) is 1.65. The quantitative estimate of drug-likeness (QED) is 0.619. The van der Waals surface area contributed by atoms with Gasteiger partial charge in [-0.05, 0) is 19.1 Å². The van der Waals surface area contributed by atoms with Crippen molar-refractivity contribution >= 4 is 17.5 Å². The lowest BCUT2D eigenvalue weighted by atomic mass is 10.0. The highest BCUT2D eigenvalue weighted by molar-refractivity contribution is 6.15. The highest BCUT2D eigenvalue weighted by atomic mass is 16.5. The molecule has 0 spiro atoms. The van der Waals surface area contributed by atoms with Crippen molar-refractivity contribution in [3.8, 4) is 5.75 Å². The zero-order chi connectivity index (χ0) is 13.2. The molecule has 0 radical (unpaired) electrons. The minimum Gasteiger partial charge on any atom is -0.466 e. The zero-order valence-corrected chi connectivity index (χ0v) is 10.0. The van der Waals surface area contributed by atoms with Crippen molar-refractivity contribution in [2.24, 2.45) is 0 Å². The summed E-state index contributed by atoms with van der Waals surface area (Å²) in [6.45, 7) is 5.22. The van der Waals surface area contributed by atoms with Crippen molar-refractivity contribution in [3.63, 3.8) is 0 Å². The molecule has 94 valence electrons. The molecule has 1 aromatic rings. The van der Waals surface area contributed by atoms with Crippen LogP contribution in [0.4, 0.5) is 5.69 Å². The Kier molecular flexibility index (Phi) is 3.06. The van der Waals surface area contributed by atoms with Gasteiger partial charge in [-0.15, -0.1) is 6.58 Å². The normalized spacial score (nSPS) is 21.3. The molecule has 2 N–H and O–H groups in total. The lowest BCUT2D eigenvalue weighted by Gasteiger charge is -2.33. The number of para-hydroxylation sites is 2. The highest BCUT2D eigenvalue weighted by Crippen LogP contribution is 2.33. The van der Waals surface area contributed by atoms with Gasteiger partial charge in [0.15, 0.2) is 0 Å². The van der Waals surface area contributed by atoms with E-state index in [1.807, 2.05) is 0 Å². The molecule has 0 saturated carbocycles. The molecule has 0 aliphatic carbocycles. The number of hydrogen-bond donors (Lipinski definition) is 2. The Hall–Kier alpha value is -2.30. The number of hydrogen-bond acceptors (Lipinski definition) is 3. The Balaban J connectivity index is 2.27. The second-order valence-electron chi connectivity index (χ2n) is 4.08. The number of ether oxygens (including phenoxy) is 1. The van der Waals surface area contributed by atoms with Crippen molar-refractivity contribution in [1.82, 2.24) is 5.32 Å². The summed E-state index contributed by atoms with van der Waals surface area (Å²) in [6, 6.07) is 6.98. The second kappa shape index (κ2) is 4.52. The van der Waals surface area contributed by atoms with Crippen LogP contribution in [-0.2, 0) is 9.59 Å². The largest absolute Gasteiger partial charge is 0.466 e. The molecule has 0 unspecified atom stereocenters. The van der Waals surface area contributed by atoms with Gasteiger partial charge >= 0.3 is 0 Å². The van der Waals surface area contributed by atoms with Gasteiger partial charge in [0.05, 0.1) is 5.69 Å². The maximum Gasteiger partial charge on any atom is 0.278 e. The van der Waals surface area contributed by atoms with E-state index in [0.29, 0.717) is 11.4 Å². The van der Waals surface area contributed by atoms with Gasteiger partial charge in [0.25, 0.3) is 17.4 Å². The number of fused-ring (bicyclic) bond motifs is 1. The van der Waals surface area contributed by atoms with Crippen molar-refractivity contribution < 1.29 is 14.3 Å². The van der Waals surface area contributed by atoms with E-state index >= 15 is 0 Å². The van der Waals surface area contributed by atoms with E-state index < -0.39 is 17.4 Å². The second-order valence-corrected chi connectivity index (χ2v) is 4.08. The van der Waals surface area contributed by atoms with E-state index in [1.54, 1.807) is 24.3 Å². The third kappa shape index (κ3) is 1.95. The number of nitrogens with one attached hydrogen (secondary N) is 2. The number of anilines is 1. The fourth-order valence-corrected chi connectivity index (χ4v) is 1.65. The van der Waals surface area contributed by atoms with Gasteiger partial charge in [0.2, 0.25) is 0 Å². The number of rotatable bonds is 3. The molecule has 1 heterocycles. The van der Waals surface area contributed by atoms with Crippen molar-refractivity contribution in [1.29, 1.82) is 0 Å². The van der Waals surface area contributed by atoms with Crippen LogP contribution in [-0.4, -0.2) is 24.0 Å². The molecule has 0 saturated heterocycles. The molecule has 1 aromatic carbocycles. The highest BCUT2D eigenvalue weighted by Gasteiger charge is 2.46. The molecule has 5 heteroatoms. The Bertz CT molecular complexity index is 513. The number of amides is 2. The molecule has 18 heavy (non-hydrogen) atoms. The first-order valence-corrected chi connectivity index (χ1v) is 5.56. The minimum atomic E-state index is -1.56. The van der Waals surface area contributed by atoms with Crippen LogP contribution in [0.25, 0.3) is 0 Å². The Labute approximate surface area is 105 Å². The molecule has 1 atom stereocenters. The molecule has 0 fully saturated rings. The van der Waals surface area contributed by atoms with E-state index in [4.69, 9.17) is 4.74 Å². The molecule has 0 aromatic heterocycles. The molecule has 1 aliphatic rings. The van der Waals surface area contributed by atoms with E-state index in [0.717, 1.165) is 0 Å². The fraction of sp³-hybridized carbons (Fsp3) is 0.231. The van der Waals surface area contributed by atoms with Gasteiger partial charge in [0, 0.05) is 6.54 Å². The molecular formula is C13H14N2O3. The number of carbonyl (C=O) groups excluding carboxylic acids is 2. The first-order valence-electron chi connectivity index (χ1n) is 5.56. The topological polar surface area (TPSA) is 67.4 Å². The lowest BCUT2D eigenvalue weighted by molar-refractivity contribution is -0.146. The number of benzene rings is 1. The predicted molar refractivity (Wildman–Crippen MR) is 67.3 cm³/mol. The SMILES string of the molecule is C=CCNC(=O)[C@@]1(C)Oc2ccccc2NC1=O. The number of carbonyl (C=O) groups is 2. The lowest BCUT2D eigenvalue weighted by Crippen LogP contribution is -2.58. The maximum atomic E-state index is 12.0. The third-order valence-corrected chi connectivity index (χ3v) is 2.72. The summed E-state index contributed by atoms with van der Waals surface area (Å²) < 4.78 is 5.53. The Morgan fingerprint density at radius 2 is 2.28 bits per heavy atom. The molecule has 5 nitrogen and oxygen atoms in total. The summed E-state index contributed by atoms with van der Waals surface area (Å²) in [5.41, 5.74) is -0.992. The van der Waals surface area contributed by atoms with Gasteiger partial charge < -0.3 is 15.4 Å². The maximum absolute atomic E-state index is 12.0. The first kappa shape index (κ1) is 12.2. The zero-order valence-electron chi connectivity index (χ0n) is 10.0. The van der Waals surface area contributed by atoms with Gasteiger partial charge in [-0.25, -0.2) is 0 Å². The Morgan fingerprint density at radius 1 is 1.56 bits per heavy atom. The molecule has 2 amide bonds. The van der Waals surface area contributed by atoms with Gasteiger partial charge in [-0.3, -0.25) is 9.59 Å². The standard InChI is InChI=1S/C13H14N2O3/c1-3-8-14-11(16)13(2)12(17)15-9-6-4-5-7-10(9)18-13/h3-7H,1,8H2,2H3,(H,14,16)(H,15,17)/t13-/m1/s1. The summed E-state index contributed by atoms with van der Waals surface area (Å²) in [5, 5.41) is 5.22. The van der Waals surface area contributed by atoms with Crippen molar-refractivity contribution in [2.75, 3.05) is 11.9 Å². The molecule has 2 rings (SSSR count). The van der Waals surface area contributed by atoms with Crippen molar-refractivity contribution in [2.45, 2.75) is 12.5 Å². The minimum absolute atomic E-state index is 0.284. The van der Waals surface area contributed by atoms with E-state index in [1.165, 1.54) is 13.0 Å². The van der Waals surface area contributed by atoms with E-state index in [9.17, 15) is 9.59 Å². The molecule has 1 aliphatic heterocycles.